The van der Waals surface area contributed by atoms with Crippen molar-refractivity contribution in [2.75, 3.05) is 34.4 Å². The highest BCUT2D eigenvalue weighted by atomic mass is 16.5. The number of methoxy groups -OCH3 is 2. The quantitative estimate of drug-likeness (QED) is 0.645. The summed E-state index contributed by atoms with van der Waals surface area (Å²) in [6.45, 7) is 1.77. The Balaban J connectivity index is 2.25. The third kappa shape index (κ3) is 5.30. The Hall–Kier alpha value is -3.36. The molecule has 0 saturated carbocycles. The molecule has 0 spiro atoms. The summed E-state index contributed by atoms with van der Waals surface area (Å²) < 4.78 is 20.7. The van der Waals surface area contributed by atoms with E-state index < -0.39 is 11.9 Å². The summed E-state index contributed by atoms with van der Waals surface area (Å²) >= 11 is 0. The molecular weight excluding hydrogens is 354 g/mol. The first-order chi connectivity index (χ1) is 13.0. The molecule has 2 aromatic rings. The number of likely N-dealkylation sites (N-methyl/N-ethyl adjacent to an activating group) is 1. The van der Waals surface area contributed by atoms with Crippen LogP contribution in [0.2, 0.25) is 0 Å². The first kappa shape index (κ1) is 20.0. The summed E-state index contributed by atoms with van der Waals surface area (Å²) in [5.41, 5.74) is 0.245. The van der Waals surface area contributed by atoms with E-state index in [1.165, 1.54) is 32.2 Å². The lowest BCUT2D eigenvalue weighted by molar-refractivity contribution is -0.143. The molecule has 27 heavy (non-hydrogen) atoms. The normalized spacial score (nSPS) is 10.1. The fraction of sp³-hybridized carbons (Fsp3) is 0.333. The van der Waals surface area contributed by atoms with Crippen LogP contribution in [-0.4, -0.2) is 61.2 Å². The SMILES string of the molecule is CCOC(=O)CN(C)C(=O)c1ccccc1Oc1nc(OC)cc(OC)n1. The van der Waals surface area contributed by atoms with Gasteiger partial charge < -0.3 is 23.8 Å². The van der Waals surface area contributed by atoms with Crippen LogP contribution in [0.5, 0.6) is 23.5 Å². The van der Waals surface area contributed by atoms with Gasteiger partial charge >= 0.3 is 12.0 Å². The number of esters is 1. The third-order valence-electron chi connectivity index (χ3n) is 3.41. The number of hydrogen-bond acceptors (Lipinski definition) is 8. The summed E-state index contributed by atoms with van der Waals surface area (Å²) in [7, 11) is 4.40. The van der Waals surface area contributed by atoms with E-state index in [4.69, 9.17) is 18.9 Å². The molecule has 9 heteroatoms. The van der Waals surface area contributed by atoms with Crippen molar-refractivity contribution in [1.29, 1.82) is 0 Å². The van der Waals surface area contributed by atoms with Gasteiger partial charge in [-0.1, -0.05) is 12.1 Å². The monoisotopic (exact) mass is 375 g/mol. The van der Waals surface area contributed by atoms with Gasteiger partial charge in [0, 0.05) is 7.05 Å². The third-order valence-corrected chi connectivity index (χ3v) is 3.41. The average Bonchev–Trinajstić information content (AvgIpc) is 2.67. The number of benzene rings is 1. The number of carbonyl (C=O) groups excluding carboxylic acids is 2. The van der Waals surface area contributed by atoms with Crippen LogP contribution in [-0.2, 0) is 9.53 Å². The Morgan fingerprint density at radius 3 is 2.30 bits per heavy atom. The molecule has 0 atom stereocenters. The van der Waals surface area contributed by atoms with Crippen LogP contribution in [0.15, 0.2) is 30.3 Å². The van der Waals surface area contributed by atoms with E-state index in [1.807, 2.05) is 0 Å². The van der Waals surface area contributed by atoms with E-state index in [2.05, 4.69) is 9.97 Å². The van der Waals surface area contributed by atoms with Crippen LogP contribution in [0.25, 0.3) is 0 Å². The van der Waals surface area contributed by atoms with Crippen molar-refractivity contribution < 1.29 is 28.5 Å². The lowest BCUT2D eigenvalue weighted by atomic mass is 10.2. The number of aromatic nitrogens is 2. The second-order valence-electron chi connectivity index (χ2n) is 5.30. The largest absolute Gasteiger partial charge is 0.481 e. The predicted molar refractivity (Wildman–Crippen MR) is 95.2 cm³/mol. The van der Waals surface area contributed by atoms with Gasteiger partial charge in [-0.25, -0.2) is 0 Å². The van der Waals surface area contributed by atoms with Crippen LogP contribution in [0.1, 0.15) is 17.3 Å². The molecule has 0 fully saturated rings. The molecule has 1 amide bonds. The summed E-state index contributed by atoms with van der Waals surface area (Å²) in [4.78, 5) is 33.7. The van der Waals surface area contributed by atoms with Gasteiger partial charge in [0.15, 0.2) is 0 Å². The highest BCUT2D eigenvalue weighted by Gasteiger charge is 2.20. The fourth-order valence-electron chi connectivity index (χ4n) is 2.15. The summed E-state index contributed by atoms with van der Waals surface area (Å²) in [6.07, 6.45) is 0. The van der Waals surface area contributed by atoms with Crippen molar-refractivity contribution in [3.05, 3.63) is 35.9 Å². The van der Waals surface area contributed by atoms with Crippen molar-refractivity contribution >= 4 is 11.9 Å². The number of hydrogen-bond donors (Lipinski definition) is 0. The topological polar surface area (TPSA) is 100 Å². The maximum Gasteiger partial charge on any atom is 0.328 e. The first-order valence-electron chi connectivity index (χ1n) is 8.13. The highest BCUT2D eigenvalue weighted by Crippen LogP contribution is 2.27. The van der Waals surface area contributed by atoms with Crippen LogP contribution in [0.3, 0.4) is 0 Å². The molecule has 1 aromatic heterocycles. The van der Waals surface area contributed by atoms with E-state index in [0.29, 0.717) is 0 Å². The van der Waals surface area contributed by atoms with Gasteiger partial charge in [0.05, 0.1) is 32.5 Å². The molecule has 9 nitrogen and oxygen atoms in total. The van der Waals surface area contributed by atoms with E-state index >= 15 is 0 Å². The zero-order chi connectivity index (χ0) is 19.8. The maximum atomic E-state index is 12.7. The Morgan fingerprint density at radius 2 is 1.70 bits per heavy atom. The number of ether oxygens (including phenoxy) is 4. The van der Waals surface area contributed by atoms with Crippen LogP contribution in [0, 0.1) is 0 Å². The molecule has 0 unspecified atom stereocenters. The molecule has 0 bridgehead atoms. The number of para-hydroxylation sites is 1. The van der Waals surface area contributed by atoms with E-state index in [-0.39, 0.29) is 42.2 Å². The minimum Gasteiger partial charge on any atom is -0.481 e. The lowest BCUT2D eigenvalue weighted by Crippen LogP contribution is -2.33. The molecule has 0 radical (unpaired) electrons. The lowest BCUT2D eigenvalue weighted by Gasteiger charge is -2.18. The Morgan fingerprint density at radius 1 is 1.07 bits per heavy atom. The van der Waals surface area contributed by atoms with Crippen molar-refractivity contribution in [1.82, 2.24) is 14.9 Å². The molecule has 1 heterocycles. The maximum absolute atomic E-state index is 12.7. The van der Waals surface area contributed by atoms with Gasteiger partial charge in [0.25, 0.3) is 5.91 Å². The smallest absolute Gasteiger partial charge is 0.328 e. The molecular formula is C18H21N3O6. The Labute approximate surface area is 156 Å². The van der Waals surface area contributed by atoms with Gasteiger partial charge in [-0.2, -0.15) is 9.97 Å². The fourth-order valence-corrected chi connectivity index (χ4v) is 2.15. The Kier molecular flexibility index (Phi) is 6.93. The molecule has 0 aliphatic rings. The van der Waals surface area contributed by atoms with Crippen LogP contribution in [0.4, 0.5) is 0 Å². The second kappa shape index (κ2) is 9.37. The predicted octanol–water partition coefficient (Wildman–Crippen LogP) is 1.92. The zero-order valence-corrected chi connectivity index (χ0v) is 15.6. The Bertz CT molecular complexity index is 789. The summed E-state index contributed by atoms with van der Waals surface area (Å²) in [6, 6.07) is 8.02. The molecule has 144 valence electrons. The van der Waals surface area contributed by atoms with Crippen molar-refractivity contribution in [3.8, 4) is 23.5 Å². The number of nitrogens with zero attached hydrogens (tertiary/aromatic N) is 3. The minimum atomic E-state index is -0.493. The summed E-state index contributed by atoms with van der Waals surface area (Å²) in [5, 5.41) is 0. The molecule has 0 saturated heterocycles. The average molecular weight is 375 g/mol. The van der Waals surface area contributed by atoms with E-state index in [1.54, 1.807) is 31.2 Å². The van der Waals surface area contributed by atoms with Gasteiger partial charge in [0.1, 0.15) is 12.3 Å². The van der Waals surface area contributed by atoms with Crippen LogP contribution < -0.4 is 14.2 Å². The summed E-state index contributed by atoms with van der Waals surface area (Å²) in [5.74, 6) is -0.171. The van der Waals surface area contributed by atoms with E-state index in [9.17, 15) is 9.59 Å². The number of amides is 1. The molecule has 1 aromatic carbocycles. The molecule has 0 N–H and O–H groups in total. The number of carbonyl (C=O) groups is 2. The molecule has 0 aliphatic heterocycles. The molecule has 2 rings (SSSR count). The van der Waals surface area contributed by atoms with Crippen molar-refractivity contribution in [3.63, 3.8) is 0 Å². The van der Waals surface area contributed by atoms with Crippen molar-refractivity contribution in [2.24, 2.45) is 0 Å². The van der Waals surface area contributed by atoms with E-state index in [0.717, 1.165) is 0 Å². The van der Waals surface area contributed by atoms with Gasteiger partial charge in [-0.3, -0.25) is 9.59 Å². The first-order valence-corrected chi connectivity index (χ1v) is 8.13. The number of rotatable bonds is 8. The highest BCUT2D eigenvalue weighted by molar-refractivity contribution is 5.98. The van der Waals surface area contributed by atoms with Gasteiger partial charge in [-0.15, -0.1) is 0 Å². The van der Waals surface area contributed by atoms with Gasteiger partial charge in [-0.05, 0) is 19.1 Å². The van der Waals surface area contributed by atoms with Crippen molar-refractivity contribution in [2.45, 2.75) is 6.92 Å². The van der Waals surface area contributed by atoms with Crippen LogP contribution >= 0.6 is 0 Å². The minimum absolute atomic E-state index is 0.0421. The second-order valence-corrected chi connectivity index (χ2v) is 5.30. The standard InChI is InChI=1S/C18H21N3O6/c1-5-26-16(22)11-21(2)17(23)12-8-6-7-9-13(12)27-18-19-14(24-3)10-15(20-18)25-4/h6-10H,5,11H2,1-4H3. The van der Waals surface area contributed by atoms with Gasteiger partial charge in [0.2, 0.25) is 11.8 Å². The zero-order valence-electron chi connectivity index (χ0n) is 15.6. The molecule has 0 aliphatic carbocycles.